The first-order valence-corrected chi connectivity index (χ1v) is 8.23. The van der Waals surface area contributed by atoms with Crippen molar-refractivity contribution in [3.8, 4) is 0 Å². The summed E-state index contributed by atoms with van der Waals surface area (Å²) in [5.74, 6) is -0.252. The molecule has 1 fully saturated rings. The van der Waals surface area contributed by atoms with Crippen LogP contribution in [-0.4, -0.2) is 20.9 Å². The number of aryl methyl sites for hydroxylation is 1. The lowest BCUT2D eigenvalue weighted by Crippen LogP contribution is -2.30. The molecule has 0 unspecified atom stereocenters. The molecule has 1 aromatic rings. The summed E-state index contributed by atoms with van der Waals surface area (Å²) in [7, 11) is -3.80. The van der Waals surface area contributed by atoms with E-state index >= 15 is 0 Å². The van der Waals surface area contributed by atoms with Gasteiger partial charge >= 0.3 is 0 Å². The van der Waals surface area contributed by atoms with Gasteiger partial charge < -0.3 is 5.32 Å². The molecule has 5 nitrogen and oxygen atoms in total. The molecule has 3 N–H and O–H groups in total. The van der Waals surface area contributed by atoms with Crippen molar-refractivity contribution in [2.24, 2.45) is 10.6 Å². The maximum Gasteiger partial charge on any atom is 0.251 e. The van der Waals surface area contributed by atoms with Crippen molar-refractivity contribution in [1.82, 2.24) is 5.32 Å². The number of carbonyl (C=O) groups is 1. The fourth-order valence-electron chi connectivity index (χ4n) is 2.25. The summed E-state index contributed by atoms with van der Waals surface area (Å²) in [6, 6.07) is 4.44. The van der Waals surface area contributed by atoms with Crippen molar-refractivity contribution < 1.29 is 13.2 Å². The Balaban J connectivity index is 2.16. The van der Waals surface area contributed by atoms with Crippen molar-refractivity contribution in [1.29, 1.82) is 0 Å². The van der Waals surface area contributed by atoms with E-state index < -0.39 is 10.0 Å². The monoisotopic (exact) mass is 296 g/mol. The number of amides is 1. The lowest BCUT2D eigenvalue weighted by atomic mass is 10.0. The van der Waals surface area contributed by atoms with Crippen LogP contribution in [0.25, 0.3) is 0 Å². The van der Waals surface area contributed by atoms with Crippen molar-refractivity contribution in [2.45, 2.75) is 38.0 Å². The van der Waals surface area contributed by atoms with Gasteiger partial charge in [-0.2, -0.15) is 0 Å². The second-order valence-electron chi connectivity index (χ2n) is 5.62. The molecule has 0 bridgehead atoms. The van der Waals surface area contributed by atoms with Gasteiger partial charge in [0.15, 0.2) is 0 Å². The van der Waals surface area contributed by atoms with Gasteiger partial charge in [-0.1, -0.05) is 6.92 Å². The van der Waals surface area contributed by atoms with Gasteiger partial charge in [-0.05, 0) is 55.4 Å². The molecule has 0 radical (unpaired) electrons. The summed E-state index contributed by atoms with van der Waals surface area (Å²) >= 11 is 0. The Morgan fingerprint density at radius 3 is 2.50 bits per heavy atom. The van der Waals surface area contributed by atoms with Crippen LogP contribution < -0.4 is 10.5 Å². The van der Waals surface area contributed by atoms with Gasteiger partial charge in [0, 0.05) is 12.1 Å². The van der Waals surface area contributed by atoms with Crippen LogP contribution >= 0.6 is 0 Å². The van der Waals surface area contributed by atoms with E-state index in [1.165, 1.54) is 12.1 Å². The first kappa shape index (κ1) is 15.0. The quantitative estimate of drug-likeness (QED) is 0.864. The lowest BCUT2D eigenvalue weighted by molar-refractivity contribution is 0.0944. The Hall–Kier alpha value is -1.40. The second-order valence-corrected chi connectivity index (χ2v) is 7.18. The van der Waals surface area contributed by atoms with E-state index in [4.69, 9.17) is 5.14 Å². The van der Waals surface area contributed by atoms with Crippen LogP contribution in [0.5, 0.6) is 0 Å². The molecule has 1 aliphatic carbocycles. The summed E-state index contributed by atoms with van der Waals surface area (Å²) in [5.41, 5.74) is 1.28. The number of benzene rings is 1. The van der Waals surface area contributed by atoms with Crippen LogP contribution in [0, 0.1) is 12.3 Å². The number of hydrogen-bond donors (Lipinski definition) is 2. The highest BCUT2D eigenvalue weighted by Gasteiger charge is 2.40. The summed E-state index contributed by atoms with van der Waals surface area (Å²) in [5, 5.41) is 7.99. The smallest absolute Gasteiger partial charge is 0.251 e. The van der Waals surface area contributed by atoms with Gasteiger partial charge in [0.05, 0.1) is 4.90 Å². The Bertz CT molecular complexity index is 634. The number of hydrogen-bond acceptors (Lipinski definition) is 3. The molecule has 1 aromatic carbocycles. The Kier molecular flexibility index (Phi) is 3.88. The maximum absolute atomic E-state index is 12.1. The number of carbonyl (C=O) groups excluding carboxylic acids is 1. The number of primary sulfonamides is 1. The Morgan fingerprint density at radius 2 is 2.00 bits per heavy atom. The largest absolute Gasteiger partial charge is 0.351 e. The van der Waals surface area contributed by atoms with Gasteiger partial charge in [-0.25, -0.2) is 13.6 Å². The van der Waals surface area contributed by atoms with Crippen LogP contribution in [0.2, 0.25) is 0 Å². The fourth-order valence-corrected chi connectivity index (χ4v) is 2.89. The SMILES string of the molecule is CCC1(CNC(=O)c2cc(C)cc(S(N)(=O)=O)c2)CC1. The highest BCUT2D eigenvalue weighted by Crippen LogP contribution is 2.47. The average molecular weight is 296 g/mol. The Labute approximate surface area is 119 Å². The highest BCUT2D eigenvalue weighted by molar-refractivity contribution is 7.89. The van der Waals surface area contributed by atoms with E-state index in [-0.39, 0.29) is 16.2 Å². The molecule has 0 atom stereocenters. The minimum atomic E-state index is -3.80. The molecule has 0 saturated heterocycles. The maximum atomic E-state index is 12.1. The number of sulfonamides is 1. The molecule has 6 heteroatoms. The molecular weight excluding hydrogens is 276 g/mol. The van der Waals surface area contributed by atoms with Crippen molar-refractivity contribution in [3.05, 3.63) is 29.3 Å². The van der Waals surface area contributed by atoms with Gasteiger partial charge in [0.2, 0.25) is 10.0 Å². The zero-order valence-electron chi connectivity index (χ0n) is 11.8. The van der Waals surface area contributed by atoms with E-state index in [1.807, 2.05) is 0 Å². The van der Waals surface area contributed by atoms with Crippen molar-refractivity contribution in [3.63, 3.8) is 0 Å². The molecule has 20 heavy (non-hydrogen) atoms. The van der Waals surface area contributed by atoms with Crippen molar-refractivity contribution in [2.75, 3.05) is 6.54 Å². The molecule has 1 aliphatic rings. The van der Waals surface area contributed by atoms with Crippen LogP contribution in [-0.2, 0) is 10.0 Å². The third-order valence-electron chi connectivity index (χ3n) is 3.97. The summed E-state index contributed by atoms with van der Waals surface area (Å²) in [6.45, 7) is 4.49. The van der Waals surface area contributed by atoms with E-state index in [2.05, 4.69) is 12.2 Å². The number of rotatable bonds is 5. The van der Waals surface area contributed by atoms with Gasteiger partial charge in [-0.15, -0.1) is 0 Å². The third-order valence-corrected chi connectivity index (χ3v) is 4.87. The molecular formula is C14H20N2O3S. The van der Waals surface area contributed by atoms with E-state index in [0.717, 1.165) is 19.3 Å². The second kappa shape index (κ2) is 5.18. The fraction of sp³-hybridized carbons (Fsp3) is 0.500. The van der Waals surface area contributed by atoms with Gasteiger partial charge in [0.1, 0.15) is 0 Å². The summed E-state index contributed by atoms with van der Waals surface area (Å²) in [6.07, 6.45) is 3.32. The zero-order chi connectivity index (χ0) is 15.0. The van der Waals surface area contributed by atoms with Crippen molar-refractivity contribution >= 4 is 15.9 Å². The molecule has 1 amide bonds. The Morgan fingerprint density at radius 1 is 1.35 bits per heavy atom. The molecule has 0 aromatic heterocycles. The zero-order valence-corrected chi connectivity index (χ0v) is 12.6. The third kappa shape index (κ3) is 3.37. The topological polar surface area (TPSA) is 89.3 Å². The van der Waals surface area contributed by atoms with Crippen LogP contribution in [0.15, 0.2) is 23.1 Å². The van der Waals surface area contributed by atoms with Crippen LogP contribution in [0.4, 0.5) is 0 Å². The number of nitrogens with one attached hydrogen (secondary N) is 1. The molecule has 2 rings (SSSR count). The first-order chi connectivity index (χ1) is 9.26. The van der Waals surface area contributed by atoms with Crippen LogP contribution in [0.3, 0.4) is 0 Å². The van der Waals surface area contributed by atoms with Gasteiger partial charge in [0.25, 0.3) is 5.91 Å². The van der Waals surface area contributed by atoms with E-state index in [1.54, 1.807) is 13.0 Å². The first-order valence-electron chi connectivity index (χ1n) is 6.68. The van der Waals surface area contributed by atoms with Crippen LogP contribution in [0.1, 0.15) is 42.1 Å². The van der Waals surface area contributed by atoms with E-state index in [9.17, 15) is 13.2 Å². The lowest BCUT2D eigenvalue weighted by Gasteiger charge is -2.14. The van der Waals surface area contributed by atoms with Gasteiger partial charge in [-0.3, -0.25) is 4.79 Å². The molecule has 1 saturated carbocycles. The normalized spacial score (nSPS) is 16.8. The predicted molar refractivity (Wildman–Crippen MR) is 76.8 cm³/mol. The predicted octanol–water partition coefficient (Wildman–Crippen LogP) is 1.56. The van der Waals surface area contributed by atoms with E-state index in [0.29, 0.717) is 17.7 Å². The molecule has 0 aliphatic heterocycles. The average Bonchev–Trinajstić information content (AvgIpc) is 3.15. The standard InChI is InChI=1S/C14H20N2O3S/c1-3-14(4-5-14)9-16-13(17)11-6-10(2)7-12(8-11)20(15,18)19/h6-8H,3-5,9H2,1-2H3,(H,16,17)(H2,15,18,19). The number of nitrogens with two attached hydrogens (primary N) is 1. The molecule has 0 heterocycles. The minimum Gasteiger partial charge on any atom is -0.351 e. The highest BCUT2D eigenvalue weighted by atomic mass is 32.2. The summed E-state index contributed by atoms with van der Waals surface area (Å²) < 4.78 is 22.8. The molecule has 0 spiro atoms. The summed E-state index contributed by atoms with van der Waals surface area (Å²) in [4.78, 5) is 12.1. The molecule has 110 valence electrons. The minimum absolute atomic E-state index is 0.0284.